The van der Waals surface area contributed by atoms with Gasteiger partial charge in [-0.3, -0.25) is 10.1 Å². The zero-order valence-electron chi connectivity index (χ0n) is 13.8. The van der Waals surface area contributed by atoms with E-state index in [9.17, 15) is 10.1 Å². The van der Waals surface area contributed by atoms with Gasteiger partial charge in [0, 0.05) is 12.6 Å². The summed E-state index contributed by atoms with van der Waals surface area (Å²) in [6.07, 6.45) is 7.36. The van der Waals surface area contributed by atoms with Crippen molar-refractivity contribution >= 4 is 5.69 Å². The van der Waals surface area contributed by atoms with Gasteiger partial charge in [0.15, 0.2) is 11.9 Å². The lowest BCUT2D eigenvalue weighted by Crippen LogP contribution is -2.44. The zero-order valence-corrected chi connectivity index (χ0v) is 13.8. The molecule has 0 saturated heterocycles. The Morgan fingerprint density at radius 3 is 2.56 bits per heavy atom. The predicted octanol–water partition coefficient (Wildman–Crippen LogP) is 3.36. The molecule has 1 N–H and O–H groups in total. The van der Waals surface area contributed by atoms with Gasteiger partial charge < -0.3 is 10.1 Å². The molecule has 0 bridgehead atoms. The lowest BCUT2D eigenvalue weighted by molar-refractivity contribution is -0.386. The number of hydrogen-bond acceptors (Lipinski definition) is 4. The number of ether oxygens (including phenoxy) is 1. The second kappa shape index (κ2) is 9.26. The van der Waals surface area contributed by atoms with E-state index in [1.807, 2.05) is 30.3 Å². The first kappa shape index (κ1) is 18.2. The first-order valence-electron chi connectivity index (χ1n) is 7.90. The second-order valence-corrected chi connectivity index (χ2v) is 5.42. The van der Waals surface area contributed by atoms with Crippen LogP contribution in [0.15, 0.2) is 67.3 Å². The van der Waals surface area contributed by atoms with Crippen molar-refractivity contribution in [3.63, 3.8) is 0 Å². The Kier molecular flexibility index (Phi) is 6.76. The van der Waals surface area contributed by atoms with Crippen molar-refractivity contribution in [2.24, 2.45) is 0 Å². The Balaban J connectivity index is 2.23. The highest BCUT2D eigenvalue weighted by atomic mass is 16.6. The van der Waals surface area contributed by atoms with Gasteiger partial charge in [0.05, 0.1) is 11.0 Å². The van der Waals surface area contributed by atoms with E-state index < -0.39 is 11.0 Å². The summed E-state index contributed by atoms with van der Waals surface area (Å²) in [5.41, 5.74) is 0.986. The maximum absolute atomic E-state index is 11.2. The molecule has 0 unspecified atom stereocenters. The molecular formula is C20H20N2O3. The quantitative estimate of drug-likeness (QED) is 0.330. The van der Waals surface area contributed by atoms with Gasteiger partial charge in [-0.25, -0.2) is 0 Å². The van der Waals surface area contributed by atoms with Crippen LogP contribution < -0.4 is 10.1 Å². The standard InChI is InChI=1S/C20H20N2O3/c1-3-14-21-17(15-16-10-6-5-7-11-16)19(4-2)25-20-13-9-8-12-18(20)22(23)24/h2-3,5-13,17,19,21H,1,14-15H2/t17-,19+/m1/s1. The fourth-order valence-electron chi connectivity index (χ4n) is 2.47. The van der Waals surface area contributed by atoms with Crippen molar-refractivity contribution < 1.29 is 9.66 Å². The number of nitrogens with one attached hydrogen (secondary N) is 1. The number of terminal acetylenes is 1. The van der Waals surface area contributed by atoms with Gasteiger partial charge in [0.2, 0.25) is 0 Å². The molecule has 0 aliphatic rings. The molecule has 0 aliphatic heterocycles. The van der Waals surface area contributed by atoms with Crippen molar-refractivity contribution in [1.82, 2.24) is 5.32 Å². The van der Waals surface area contributed by atoms with Crippen molar-refractivity contribution in [2.45, 2.75) is 18.6 Å². The Morgan fingerprint density at radius 1 is 1.24 bits per heavy atom. The summed E-state index contributed by atoms with van der Waals surface area (Å²) in [6.45, 7) is 4.25. The first-order chi connectivity index (χ1) is 12.2. The minimum atomic E-state index is -0.666. The van der Waals surface area contributed by atoms with Crippen LogP contribution in [0.2, 0.25) is 0 Å². The Hall–Kier alpha value is -3.10. The fourth-order valence-corrected chi connectivity index (χ4v) is 2.47. The average molecular weight is 336 g/mol. The number of para-hydroxylation sites is 2. The van der Waals surface area contributed by atoms with Crippen LogP contribution in [0.3, 0.4) is 0 Å². The number of nitro groups is 1. The van der Waals surface area contributed by atoms with Crippen LogP contribution in [0, 0.1) is 22.5 Å². The summed E-state index contributed by atoms with van der Waals surface area (Å²) in [7, 11) is 0. The monoisotopic (exact) mass is 336 g/mol. The molecule has 2 rings (SSSR count). The Labute approximate surface area is 147 Å². The van der Waals surface area contributed by atoms with Crippen LogP contribution >= 0.6 is 0 Å². The summed E-state index contributed by atoms with van der Waals surface area (Å²) in [4.78, 5) is 10.7. The minimum absolute atomic E-state index is 0.107. The summed E-state index contributed by atoms with van der Waals surface area (Å²) >= 11 is 0. The molecule has 5 nitrogen and oxygen atoms in total. The molecule has 0 amide bonds. The van der Waals surface area contributed by atoms with Gasteiger partial charge in [-0.1, -0.05) is 54.5 Å². The number of benzene rings is 2. The Bertz CT molecular complexity index is 753. The zero-order chi connectivity index (χ0) is 18.1. The molecule has 5 heteroatoms. The third-order valence-electron chi connectivity index (χ3n) is 3.67. The molecule has 0 heterocycles. The third kappa shape index (κ3) is 5.20. The fraction of sp³-hybridized carbons (Fsp3) is 0.200. The van der Waals surface area contributed by atoms with Crippen molar-refractivity contribution in [3.8, 4) is 18.1 Å². The lowest BCUT2D eigenvalue weighted by Gasteiger charge is -2.25. The number of nitro benzene ring substituents is 1. The van der Waals surface area contributed by atoms with Gasteiger partial charge in [0.1, 0.15) is 0 Å². The van der Waals surface area contributed by atoms with E-state index in [1.54, 1.807) is 24.3 Å². The molecular weight excluding hydrogens is 316 g/mol. The van der Waals surface area contributed by atoms with Crippen molar-refractivity contribution in [2.75, 3.05) is 6.54 Å². The van der Waals surface area contributed by atoms with Crippen molar-refractivity contribution in [3.05, 3.63) is 82.9 Å². The molecule has 0 fully saturated rings. The molecule has 0 aromatic heterocycles. The molecule has 0 radical (unpaired) electrons. The third-order valence-corrected chi connectivity index (χ3v) is 3.67. The van der Waals surface area contributed by atoms with Gasteiger partial charge in [-0.15, -0.1) is 13.0 Å². The minimum Gasteiger partial charge on any atom is -0.469 e. The smallest absolute Gasteiger partial charge is 0.310 e. The molecule has 0 saturated carbocycles. The molecule has 2 aromatic carbocycles. The summed E-state index contributed by atoms with van der Waals surface area (Å²) < 4.78 is 5.81. The maximum atomic E-state index is 11.2. The van der Waals surface area contributed by atoms with E-state index in [0.717, 1.165) is 5.56 Å². The highest BCUT2D eigenvalue weighted by Crippen LogP contribution is 2.27. The SMILES string of the molecule is C#C[C@H](Oc1ccccc1[N+](=O)[O-])[C@@H](Cc1ccccc1)NCC=C. The van der Waals surface area contributed by atoms with E-state index >= 15 is 0 Å². The van der Waals surface area contributed by atoms with Gasteiger partial charge in [-0.05, 0) is 18.1 Å². The summed E-state index contributed by atoms with van der Waals surface area (Å²) in [5.74, 6) is 2.77. The van der Waals surface area contributed by atoms with Crippen LogP contribution in [0.4, 0.5) is 5.69 Å². The molecule has 2 atom stereocenters. The number of hydrogen-bond donors (Lipinski definition) is 1. The topological polar surface area (TPSA) is 64.4 Å². The van der Waals surface area contributed by atoms with Crippen LogP contribution in [0.1, 0.15) is 5.56 Å². The highest BCUT2D eigenvalue weighted by Gasteiger charge is 2.24. The van der Waals surface area contributed by atoms with E-state index in [0.29, 0.717) is 13.0 Å². The van der Waals surface area contributed by atoms with E-state index in [-0.39, 0.29) is 17.5 Å². The number of nitrogens with zero attached hydrogens (tertiary/aromatic N) is 1. The predicted molar refractivity (Wildman–Crippen MR) is 98.5 cm³/mol. The largest absolute Gasteiger partial charge is 0.469 e. The van der Waals surface area contributed by atoms with E-state index in [2.05, 4.69) is 17.8 Å². The van der Waals surface area contributed by atoms with Gasteiger partial charge in [-0.2, -0.15) is 0 Å². The second-order valence-electron chi connectivity index (χ2n) is 5.42. The van der Waals surface area contributed by atoms with E-state index in [4.69, 9.17) is 11.2 Å². The van der Waals surface area contributed by atoms with Crippen molar-refractivity contribution in [1.29, 1.82) is 0 Å². The van der Waals surface area contributed by atoms with Crippen LogP contribution in [-0.4, -0.2) is 23.6 Å². The van der Waals surface area contributed by atoms with Gasteiger partial charge in [0.25, 0.3) is 0 Å². The molecule has 2 aromatic rings. The van der Waals surface area contributed by atoms with Crippen LogP contribution in [0.25, 0.3) is 0 Å². The lowest BCUT2D eigenvalue weighted by atomic mass is 10.0. The summed E-state index contributed by atoms with van der Waals surface area (Å²) in [6, 6.07) is 15.8. The average Bonchev–Trinajstić information content (AvgIpc) is 2.64. The normalized spacial score (nSPS) is 12.6. The number of rotatable bonds is 9. The molecule has 128 valence electrons. The maximum Gasteiger partial charge on any atom is 0.310 e. The van der Waals surface area contributed by atoms with Crippen LogP contribution in [0.5, 0.6) is 5.75 Å². The first-order valence-corrected chi connectivity index (χ1v) is 7.90. The molecule has 25 heavy (non-hydrogen) atoms. The Morgan fingerprint density at radius 2 is 1.92 bits per heavy atom. The van der Waals surface area contributed by atoms with E-state index in [1.165, 1.54) is 6.07 Å². The van der Waals surface area contributed by atoms with Gasteiger partial charge >= 0.3 is 5.69 Å². The molecule has 0 spiro atoms. The molecule has 0 aliphatic carbocycles. The van der Waals surface area contributed by atoms with Crippen LogP contribution in [-0.2, 0) is 6.42 Å². The highest BCUT2D eigenvalue weighted by molar-refractivity contribution is 5.46. The summed E-state index contributed by atoms with van der Waals surface area (Å²) in [5, 5.41) is 14.5.